The standard InChI is InChI=1S/C15H27N3O2/c1-11(2)19-10-13(16)15-17-14(20-18-15)9-12-7-5-3-4-6-8-12/h11-13H,3-10,16H2,1-2H3. The normalized spacial score (nSPS) is 19.2. The Morgan fingerprint density at radius 1 is 1.25 bits per heavy atom. The van der Waals surface area contributed by atoms with Gasteiger partial charge in [0.2, 0.25) is 5.89 Å². The fraction of sp³-hybridized carbons (Fsp3) is 0.867. The Hall–Kier alpha value is -0.940. The molecule has 5 nitrogen and oxygen atoms in total. The lowest BCUT2D eigenvalue weighted by molar-refractivity contribution is 0.0665. The Bertz CT molecular complexity index is 384. The van der Waals surface area contributed by atoms with Gasteiger partial charge in [0.05, 0.1) is 18.8 Å². The van der Waals surface area contributed by atoms with Crippen molar-refractivity contribution in [3.63, 3.8) is 0 Å². The van der Waals surface area contributed by atoms with Crippen molar-refractivity contribution in [3.05, 3.63) is 11.7 Å². The van der Waals surface area contributed by atoms with Crippen molar-refractivity contribution in [2.75, 3.05) is 6.61 Å². The van der Waals surface area contributed by atoms with Gasteiger partial charge in [-0.25, -0.2) is 0 Å². The zero-order valence-corrected chi connectivity index (χ0v) is 12.7. The lowest BCUT2D eigenvalue weighted by atomic mass is 9.97. The van der Waals surface area contributed by atoms with E-state index in [0.29, 0.717) is 18.3 Å². The SMILES string of the molecule is CC(C)OCC(N)c1noc(CC2CCCCCC2)n1. The van der Waals surface area contributed by atoms with Gasteiger partial charge in [-0.15, -0.1) is 0 Å². The summed E-state index contributed by atoms with van der Waals surface area (Å²) < 4.78 is 10.8. The number of ether oxygens (including phenoxy) is 1. The van der Waals surface area contributed by atoms with Crippen LogP contribution >= 0.6 is 0 Å². The molecule has 1 aromatic rings. The van der Waals surface area contributed by atoms with Crippen molar-refractivity contribution in [1.82, 2.24) is 10.1 Å². The van der Waals surface area contributed by atoms with Gasteiger partial charge in [-0.1, -0.05) is 30.8 Å². The molecule has 1 aliphatic carbocycles. The molecule has 2 rings (SSSR count). The second kappa shape index (κ2) is 7.74. The summed E-state index contributed by atoms with van der Waals surface area (Å²) in [6, 6.07) is -0.302. The van der Waals surface area contributed by atoms with Crippen LogP contribution in [0.15, 0.2) is 4.52 Å². The first-order valence-electron chi connectivity index (χ1n) is 7.85. The largest absolute Gasteiger partial charge is 0.377 e. The molecule has 1 atom stereocenters. The van der Waals surface area contributed by atoms with Crippen LogP contribution in [-0.4, -0.2) is 22.9 Å². The van der Waals surface area contributed by atoms with Crippen molar-refractivity contribution in [2.24, 2.45) is 11.7 Å². The van der Waals surface area contributed by atoms with Gasteiger partial charge in [0, 0.05) is 6.42 Å². The van der Waals surface area contributed by atoms with Crippen molar-refractivity contribution in [2.45, 2.75) is 70.9 Å². The second-order valence-corrected chi connectivity index (χ2v) is 6.10. The molecule has 0 spiro atoms. The molecular formula is C15H27N3O2. The Morgan fingerprint density at radius 3 is 2.60 bits per heavy atom. The molecule has 5 heteroatoms. The first-order valence-corrected chi connectivity index (χ1v) is 7.85. The predicted octanol–water partition coefficient (Wildman–Crippen LogP) is 3.01. The van der Waals surface area contributed by atoms with Crippen molar-refractivity contribution in [3.8, 4) is 0 Å². The Morgan fingerprint density at radius 2 is 1.95 bits per heavy atom. The van der Waals surface area contributed by atoms with Crippen LogP contribution in [0.5, 0.6) is 0 Å². The third-order valence-corrected chi connectivity index (χ3v) is 3.86. The number of hydrogen-bond donors (Lipinski definition) is 1. The van der Waals surface area contributed by atoms with E-state index in [4.69, 9.17) is 15.0 Å². The van der Waals surface area contributed by atoms with Crippen LogP contribution in [0.2, 0.25) is 0 Å². The molecule has 1 saturated carbocycles. The maximum atomic E-state index is 6.00. The van der Waals surface area contributed by atoms with Gasteiger partial charge in [0.1, 0.15) is 0 Å². The highest BCUT2D eigenvalue weighted by atomic mass is 16.5. The molecule has 1 unspecified atom stereocenters. The smallest absolute Gasteiger partial charge is 0.226 e. The summed E-state index contributed by atoms with van der Waals surface area (Å²) in [5.74, 6) is 1.98. The zero-order chi connectivity index (χ0) is 14.4. The monoisotopic (exact) mass is 281 g/mol. The van der Waals surface area contributed by atoms with Crippen LogP contribution in [0.25, 0.3) is 0 Å². The summed E-state index contributed by atoms with van der Waals surface area (Å²) in [6.45, 7) is 4.40. The number of nitrogens with zero attached hydrogens (tertiary/aromatic N) is 2. The van der Waals surface area contributed by atoms with E-state index in [9.17, 15) is 0 Å². The first kappa shape index (κ1) is 15.4. The number of rotatable bonds is 6. The molecule has 114 valence electrons. The molecule has 1 aliphatic rings. The molecule has 0 amide bonds. The lowest BCUT2D eigenvalue weighted by Crippen LogP contribution is -2.20. The zero-order valence-electron chi connectivity index (χ0n) is 12.7. The van der Waals surface area contributed by atoms with Crippen LogP contribution in [0.4, 0.5) is 0 Å². The fourth-order valence-corrected chi connectivity index (χ4v) is 2.69. The topological polar surface area (TPSA) is 74.2 Å². The van der Waals surface area contributed by atoms with Gasteiger partial charge in [0.25, 0.3) is 0 Å². The quantitative estimate of drug-likeness (QED) is 0.811. The van der Waals surface area contributed by atoms with Crippen molar-refractivity contribution >= 4 is 0 Å². The molecule has 0 radical (unpaired) electrons. The third-order valence-electron chi connectivity index (χ3n) is 3.86. The summed E-state index contributed by atoms with van der Waals surface area (Å²) >= 11 is 0. The highest BCUT2D eigenvalue weighted by Gasteiger charge is 2.19. The molecule has 1 aromatic heterocycles. The van der Waals surface area contributed by atoms with Crippen LogP contribution in [0.3, 0.4) is 0 Å². The van der Waals surface area contributed by atoms with Crippen LogP contribution in [-0.2, 0) is 11.2 Å². The van der Waals surface area contributed by atoms with E-state index in [-0.39, 0.29) is 12.1 Å². The summed E-state index contributed by atoms with van der Waals surface area (Å²) in [5, 5.41) is 3.99. The summed E-state index contributed by atoms with van der Waals surface area (Å²) in [6.07, 6.45) is 9.00. The van der Waals surface area contributed by atoms with Crippen LogP contribution in [0, 0.1) is 5.92 Å². The maximum Gasteiger partial charge on any atom is 0.226 e. The van der Waals surface area contributed by atoms with E-state index < -0.39 is 0 Å². The second-order valence-electron chi connectivity index (χ2n) is 6.10. The van der Waals surface area contributed by atoms with Crippen LogP contribution < -0.4 is 5.73 Å². The molecule has 0 aliphatic heterocycles. The number of nitrogens with two attached hydrogens (primary N) is 1. The maximum absolute atomic E-state index is 6.00. The highest BCUT2D eigenvalue weighted by molar-refractivity contribution is 4.94. The Kier molecular flexibility index (Phi) is 5.98. The van der Waals surface area contributed by atoms with Gasteiger partial charge in [0.15, 0.2) is 5.82 Å². The minimum absolute atomic E-state index is 0.165. The molecule has 0 aromatic carbocycles. The average molecular weight is 281 g/mol. The fourth-order valence-electron chi connectivity index (χ4n) is 2.69. The first-order chi connectivity index (χ1) is 9.65. The van der Waals surface area contributed by atoms with E-state index in [1.54, 1.807) is 0 Å². The Labute approximate surface area is 121 Å². The van der Waals surface area contributed by atoms with Crippen molar-refractivity contribution in [1.29, 1.82) is 0 Å². The van der Waals surface area contributed by atoms with E-state index in [2.05, 4.69) is 10.1 Å². The third kappa shape index (κ3) is 4.87. The number of hydrogen-bond acceptors (Lipinski definition) is 5. The van der Waals surface area contributed by atoms with Crippen LogP contribution in [0.1, 0.15) is 70.1 Å². The molecule has 2 N–H and O–H groups in total. The van der Waals surface area contributed by atoms with Gasteiger partial charge in [-0.3, -0.25) is 0 Å². The van der Waals surface area contributed by atoms with E-state index in [0.717, 1.165) is 12.3 Å². The van der Waals surface area contributed by atoms with E-state index in [1.165, 1.54) is 38.5 Å². The van der Waals surface area contributed by atoms with Crippen molar-refractivity contribution < 1.29 is 9.26 Å². The molecule has 1 heterocycles. The van der Waals surface area contributed by atoms with Gasteiger partial charge >= 0.3 is 0 Å². The molecule has 1 fully saturated rings. The highest BCUT2D eigenvalue weighted by Crippen LogP contribution is 2.25. The molecule has 20 heavy (non-hydrogen) atoms. The average Bonchev–Trinajstić information content (AvgIpc) is 2.72. The minimum atomic E-state index is -0.302. The van der Waals surface area contributed by atoms with Gasteiger partial charge < -0.3 is 15.0 Å². The number of aromatic nitrogens is 2. The molecular weight excluding hydrogens is 254 g/mol. The summed E-state index contributed by atoms with van der Waals surface area (Å²) in [4.78, 5) is 4.43. The van der Waals surface area contributed by atoms with E-state index in [1.807, 2.05) is 13.8 Å². The van der Waals surface area contributed by atoms with E-state index >= 15 is 0 Å². The van der Waals surface area contributed by atoms with Gasteiger partial charge in [-0.2, -0.15) is 4.98 Å². The minimum Gasteiger partial charge on any atom is -0.377 e. The lowest BCUT2D eigenvalue weighted by Gasteiger charge is -2.11. The molecule has 0 saturated heterocycles. The molecule has 0 bridgehead atoms. The summed E-state index contributed by atoms with van der Waals surface area (Å²) in [7, 11) is 0. The summed E-state index contributed by atoms with van der Waals surface area (Å²) in [5.41, 5.74) is 6.00. The van der Waals surface area contributed by atoms with Gasteiger partial charge in [-0.05, 0) is 32.6 Å². The predicted molar refractivity (Wildman–Crippen MR) is 77.2 cm³/mol. The Balaban J connectivity index is 1.84.